The zero-order chi connectivity index (χ0) is 10.7. The summed E-state index contributed by atoms with van der Waals surface area (Å²) in [5.74, 6) is 0. The number of nitrogens with zero attached hydrogens (tertiary/aromatic N) is 1. The molecule has 0 saturated heterocycles. The first kappa shape index (κ1) is 11.1. The summed E-state index contributed by atoms with van der Waals surface area (Å²) in [5.41, 5.74) is 6.01. The lowest BCUT2D eigenvalue weighted by Gasteiger charge is -2.17. The number of thiophene rings is 1. The Morgan fingerprint density at radius 2 is 2.27 bits per heavy atom. The highest BCUT2D eigenvalue weighted by atomic mass is 32.2. The molecule has 2 rings (SSSR count). The van der Waals surface area contributed by atoms with Gasteiger partial charge in [0, 0.05) is 22.5 Å². The van der Waals surface area contributed by atoms with Gasteiger partial charge in [-0.3, -0.25) is 0 Å². The molecule has 2 atom stereocenters. The van der Waals surface area contributed by atoms with Crippen LogP contribution in [-0.4, -0.2) is 11.0 Å². The lowest BCUT2D eigenvalue weighted by molar-refractivity contribution is 0.729. The normalized spacial score (nSPS) is 15.1. The van der Waals surface area contributed by atoms with E-state index in [0.717, 1.165) is 4.34 Å². The van der Waals surface area contributed by atoms with E-state index in [4.69, 9.17) is 5.73 Å². The Hall–Kier alpha value is -0.360. The Kier molecular flexibility index (Phi) is 3.80. The van der Waals surface area contributed by atoms with Gasteiger partial charge in [-0.2, -0.15) is 0 Å². The summed E-state index contributed by atoms with van der Waals surface area (Å²) < 4.78 is 1.09. The summed E-state index contributed by atoms with van der Waals surface area (Å²) in [6.07, 6.45) is 1.83. The fourth-order valence-electron chi connectivity index (χ4n) is 1.25. The molecule has 2 nitrogen and oxygen atoms in total. The molecule has 2 N–H and O–H groups in total. The smallest absolute Gasteiger partial charge is 0.150 e. The molecule has 0 aliphatic carbocycles. The lowest BCUT2D eigenvalue weighted by Crippen LogP contribution is -2.21. The highest BCUT2D eigenvalue weighted by molar-refractivity contribution is 8.01. The van der Waals surface area contributed by atoms with Crippen molar-refractivity contribution in [1.29, 1.82) is 0 Å². The minimum atomic E-state index is 0.137. The maximum absolute atomic E-state index is 6.01. The zero-order valence-electron chi connectivity index (χ0n) is 8.29. The first-order chi connectivity index (χ1) is 7.27. The maximum Gasteiger partial charge on any atom is 0.150 e. The molecule has 0 aliphatic heterocycles. The first-order valence-electron chi connectivity index (χ1n) is 4.62. The molecule has 0 amide bonds. The Bertz CT molecular complexity index is 381. The van der Waals surface area contributed by atoms with Crippen LogP contribution in [0.1, 0.15) is 17.1 Å². The van der Waals surface area contributed by atoms with Crippen LogP contribution in [0.25, 0.3) is 0 Å². The minimum Gasteiger partial charge on any atom is -0.327 e. The van der Waals surface area contributed by atoms with E-state index in [1.54, 1.807) is 34.4 Å². The zero-order valence-corrected chi connectivity index (χ0v) is 10.7. The second kappa shape index (κ2) is 5.12. The predicted molar refractivity (Wildman–Crippen MR) is 68.7 cm³/mol. The average Bonchev–Trinajstić information content (AvgIpc) is 2.87. The topological polar surface area (TPSA) is 38.9 Å². The number of nitrogens with two attached hydrogens (primary N) is 1. The van der Waals surface area contributed by atoms with Crippen LogP contribution in [0, 0.1) is 0 Å². The Labute approximate surface area is 102 Å². The van der Waals surface area contributed by atoms with Gasteiger partial charge < -0.3 is 5.73 Å². The van der Waals surface area contributed by atoms with Crippen LogP contribution < -0.4 is 5.73 Å². The first-order valence-corrected chi connectivity index (χ1v) is 7.26. The van der Waals surface area contributed by atoms with Crippen molar-refractivity contribution in [2.24, 2.45) is 5.73 Å². The van der Waals surface area contributed by atoms with Gasteiger partial charge in [0.1, 0.15) is 4.34 Å². The van der Waals surface area contributed by atoms with Gasteiger partial charge in [0.2, 0.25) is 0 Å². The fraction of sp³-hybridized carbons (Fsp3) is 0.300. The molecule has 0 bridgehead atoms. The average molecular weight is 256 g/mol. The van der Waals surface area contributed by atoms with Crippen molar-refractivity contribution in [1.82, 2.24) is 4.98 Å². The molecule has 0 radical (unpaired) electrons. The fourth-order valence-corrected chi connectivity index (χ4v) is 4.19. The maximum atomic E-state index is 6.01. The van der Waals surface area contributed by atoms with E-state index in [1.807, 2.05) is 18.5 Å². The molecule has 0 spiro atoms. The summed E-state index contributed by atoms with van der Waals surface area (Å²) in [6.45, 7) is 2.05. The summed E-state index contributed by atoms with van der Waals surface area (Å²) in [7, 11) is 0. The van der Waals surface area contributed by atoms with Crippen molar-refractivity contribution in [2.75, 3.05) is 0 Å². The van der Waals surface area contributed by atoms with Crippen LogP contribution in [0.2, 0.25) is 0 Å². The van der Waals surface area contributed by atoms with E-state index in [0.29, 0.717) is 5.25 Å². The summed E-state index contributed by atoms with van der Waals surface area (Å²) in [5, 5.41) is 4.40. The van der Waals surface area contributed by atoms with Crippen LogP contribution in [0.4, 0.5) is 0 Å². The summed E-state index contributed by atoms with van der Waals surface area (Å²) in [6, 6.07) is 4.34. The van der Waals surface area contributed by atoms with Gasteiger partial charge in [-0.25, -0.2) is 4.98 Å². The molecular weight excluding hydrogens is 244 g/mol. The largest absolute Gasteiger partial charge is 0.327 e. The van der Waals surface area contributed by atoms with E-state index in [2.05, 4.69) is 22.5 Å². The Morgan fingerprint density at radius 3 is 2.80 bits per heavy atom. The van der Waals surface area contributed by atoms with Crippen LogP contribution in [0.3, 0.4) is 0 Å². The molecule has 0 aromatic carbocycles. The molecule has 0 aliphatic rings. The summed E-state index contributed by atoms with van der Waals surface area (Å²) in [4.78, 5) is 5.60. The van der Waals surface area contributed by atoms with Gasteiger partial charge in [0.25, 0.3) is 0 Å². The number of rotatable bonds is 4. The molecular formula is C10H12N2S3. The van der Waals surface area contributed by atoms with Gasteiger partial charge in [-0.05, 0) is 18.4 Å². The third-order valence-electron chi connectivity index (χ3n) is 1.94. The van der Waals surface area contributed by atoms with Crippen molar-refractivity contribution >= 4 is 34.4 Å². The third kappa shape index (κ3) is 2.81. The van der Waals surface area contributed by atoms with E-state index in [-0.39, 0.29) is 6.04 Å². The SMILES string of the molecule is CC(N)C(Sc1nccs1)c1cccs1. The quantitative estimate of drug-likeness (QED) is 0.852. The standard InChI is InChI=1S/C10H12N2S3/c1-7(11)9(8-3-2-5-13-8)15-10-12-4-6-14-10/h2-7,9H,11H2,1H3. The summed E-state index contributed by atoms with van der Waals surface area (Å²) >= 11 is 5.18. The van der Waals surface area contributed by atoms with E-state index >= 15 is 0 Å². The third-order valence-corrected chi connectivity index (χ3v) is 5.43. The monoisotopic (exact) mass is 256 g/mol. The van der Waals surface area contributed by atoms with Crippen molar-refractivity contribution in [3.8, 4) is 0 Å². The van der Waals surface area contributed by atoms with Crippen molar-refractivity contribution < 1.29 is 0 Å². The molecule has 2 aromatic heterocycles. The van der Waals surface area contributed by atoms with Gasteiger partial charge in [-0.1, -0.05) is 17.8 Å². The van der Waals surface area contributed by atoms with Gasteiger partial charge in [-0.15, -0.1) is 22.7 Å². The molecule has 15 heavy (non-hydrogen) atoms. The second-order valence-electron chi connectivity index (χ2n) is 3.21. The molecule has 2 unspecified atom stereocenters. The van der Waals surface area contributed by atoms with Crippen LogP contribution in [-0.2, 0) is 0 Å². The predicted octanol–water partition coefficient (Wildman–Crippen LogP) is 3.39. The van der Waals surface area contributed by atoms with Gasteiger partial charge in [0.15, 0.2) is 0 Å². The van der Waals surface area contributed by atoms with Crippen LogP contribution in [0.15, 0.2) is 33.4 Å². The second-order valence-corrected chi connectivity index (χ2v) is 6.47. The number of aromatic nitrogens is 1. The van der Waals surface area contributed by atoms with Crippen molar-refractivity contribution in [3.05, 3.63) is 34.0 Å². The van der Waals surface area contributed by atoms with Gasteiger partial charge in [0.05, 0.1) is 5.25 Å². The van der Waals surface area contributed by atoms with Crippen molar-refractivity contribution in [2.45, 2.75) is 22.6 Å². The van der Waals surface area contributed by atoms with E-state index in [9.17, 15) is 0 Å². The highest BCUT2D eigenvalue weighted by Gasteiger charge is 2.19. The van der Waals surface area contributed by atoms with E-state index < -0.39 is 0 Å². The number of hydrogen-bond acceptors (Lipinski definition) is 5. The Morgan fingerprint density at radius 1 is 1.40 bits per heavy atom. The minimum absolute atomic E-state index is 0.137. The molecule has 5 heteroatoms. The number of thioether (sulfide) groups is 1. The molecule has 2 heterocycles. The van der Waals surface area contributed by atoms with E-state index in [1.165, 1.54) is 4.88 Å². The van der Waals surface area contributed by atoms with Crippen LogP contribution >= 0.6 is 34.4 Å². The Balaban J connectivity index is 2.14. The number of hydrogen-bond donors (Lipinski definition) is 1. The number of thiazole rings is 1. The molecule has 0 fully saturated rings. The molecule has 0 saturated carbocycles. The molecule has 2 aromatic rings. The molecule has 80 valence electrons. The highest BCUT2D eigenvalue weighted by Crippen LogP contribution is 2.39. The van der Waals surface area contributed by atoms with Gasteiger partial charge >= 0.3 is 0 Å². The lowest BCUT2D eigenvalue weighted by atomic mass is 10.2. The van der Waals surface area contributed by atoms with Crippen molar-refractivity contribution in [3.63, 3.8) is 0 Å². The van der Waals surface area contributed by atoms with Crippen LogP contribution in [0.5, 0.6) is 0 Å².